The second kappa shape index (κ2) is 25.5. The van der Waals surface area contributed by atoms with Crippen LogP contribution in [-0.4, -0.2) is 130 Å². The van der Waals surface area contributed by atoms with Gasteiger partial charge in [-0.2, -0.15) is 0 Å². The summed E-state index contributed by atoms with van der Waals surface area (Å²) in [4.78, 5) is 104. The van der Waals surface area contributed by atoms with Crippen LogP contribution >= 0.6 is 0 Å². The molecule has 66 heavy (non-hydrogen) atoms. The molecule has 1 aromatic carbocycles. The Kier molecular flexibility index (Phi) is 20.9. The molecule has 0 unspecified atom stereocenters. The highest BCUT2D eigenvalue weighted by atomic mass is 16.7. The maximum absolute atomic E-state index is 13.2. The zero-order chi connectivity index (χ0) is 49.1. The third kappa shape index (κ3) is 21.7. The van der Waals surface area contributed by atoms with Crippen molar-refractivity contribution < 1.29 is 66.9 Å². The van der Waals surface area contributed by atoms with Gasteiger partial charge in [-0.05, 0) is 100 Å². The van der Waals surface area contributed by atoms with E-state index in [9.17, 15) is 38.4 Å². The molecule has 1 aliphatic rings. The number of hydrogen-bond donors (Lipinski definition) is 4. The van der Waals surface area contributed by atoms with Crippen LogP contribution in [0, 0.1) is 0 Å². The summed E-state index contributed by atoms with van der Waals surface area (Å²) in [7, 11) is 0. The lowest BCUT2D eigenvalue weighted by Gasteiger charge is -2.27. The summed E-state index contributed by atoms with van der Waals surface area (Å²) < 4.78 is 28.9. The highest BCUT2D eigenvalue weighted by Gasteiger charge is 2.33. The number of ether oxygens (including phenoxy) is 5. The molecule has 22 nitrogen and oxygen atoms in total. The lowest BCUT2D eigenvalue weighted by molar-refractivity contribution is -0.198. The molecule has 2 aromatic rings. The number of urea groups is 2. The van der Waals surface area contributed by atoms with Gasteiger partial charge in [0.1, 0.15) is 34.6 Å². The van der Waals surface area contributed by atoms with Gasteiger partial charge in [0, 0.05) is 37.1 Å². The van der Waals surface area contributed by atoms with Gasteiger partial charge < -0.3 is 49.8 Å². The predicted molar refractivity (Wildman–Crippen MR) is 236 cm³/mol. The quantitative estimate of drug-likeness (QED) is 0.0499. The fraction of sp³-hybridized carbons (Fsp3) is 0.636. The number of esters is 3. The topological polar surface area (TPSA) is 274 Å². The third-order valence-corrected chi connectivity index (χ3v) is 8.70. The van der Waals surface area contributed by atoms with Crippen molar-refractivity contribution in [3.8, 4) is 11.3 Å². The summed E-state index contributed by atoms with van der Waals surface area (Å²) in [5.41, 5.74) is -0.690. The van der Waals surface area contributed by atoms with E-state index in [0.29, 0.717) is 48.0 Å². The summed E-state index contributed by atoms with van der Waals surface area (Å²) in [6.45, 7) is 16.7. The number of amides is 6. The van der Waals surface area contributed by atoms with Gasteiger partial charge in [-0.3, -0.25) is 14.4 Å². The van der Waals surface area contributed by atoms with Crippen molar-refractivity contribution >= 4 is 53.4 Å². The van der Waals surface area contributed by atoms with Crippen LogP contribution in [-0.2, 0) is 63.8 Å². The van der Waals surface area contributed by atoms with E-state index < -0.39 is 76.6 Å². The van der Waals surface area contributed by atoms with Crippen molar-refractivity contribution in [1.82, 2.24) is 36.0 Å². The average Bonchev–Trinajstić information content (AvgIpc) is 3.80. The Labute approximate surface area is 384 Å². The van der Waals surface area contributed by atoms with Crippen LogP contribution in [0.25, 0.3) is 11.3 Å². The molecular weight excluding hydrogens is 865 g/mol. The summed E-state index contributed by atoms with van der Waals surface area (Å²) in [5.74, 6) is -3.83. The van der Waals surface area contributed by atoms with Crippen molar-refractivity contribution in [1.29, 1.82) is 0 Å². The van der Waals surface area contributed by atoms with E-state index in [1.165, 1.54) is 0 Å². The van der Waals surface area contributed by atoms with Crippen LogP contribution < -0.4 is 21.3 Å². The molecule has 0 aliphatic carbocycles. The van der Waals surface area contributed by atoms with Crippen molar-refractivity contribution in [3.63, 3.8) is 0 Å². The fourth-order valence-corrected chi connectivity index (χ4v) is 5.84. The Bertz CT molecular complexity index is 1970. The summed E-state index contributed by atoms with van der Waals surface area (Å²) in [6, 6.07) is 3.42. The smallest absolute Gasteiger partial charge is 0.335 e. The molecule has 0 spiro atoms. The molecular formula is C44H66N8O14. The first kappa shape index (κ1) is 54.2. The Morgan fingerprint density at radius 1 is 0.697 bits per heavy atom. The number of aromatic nitrogens is 3. The van der Waals surface area contributed by atoms with Gasteiger partial charge in [-0.25, -0.2) is 28.7 Å². The van der Waals surface area contributed by atoms with Gasteiger partial charge in [0.05, 0.1) is 45.6 Å². The minimum atomic E-state index is -1.22. The zero-order valence-corrected chi connectivity index (χ0v) is 39.4. The van der Waals surface area contributed by atoms with Crippen LogP contribution in [0.5, 0.6) is 0 Å². The molecule has 22 heteroatoms. The minimum Gasteiger partial charge on any atom is -0.460 e. The molecule has 4 N–H and O–H groups in total. The lowest BCUT2D eigenvalue weighted by Crippen LogP contribution is -2.53. The van der Waals surface area contributed by atoms with E-state index in [1.807, 2.05) is 6.07 Å². The third-order valence-electron chi connectivity index (χ3n) is 8.70. The molecule has 0 saturated carbocycles. The van der Waals surface area contributed by atoms with Gasteiger partial charge in [0.2, 0.25) is 0 Å². The standard InChI is InChI=1S/C44H66N8O14/c1-42(2,3)63-36(55)19-16-32(39(58)65-44(7,8)9)48-41(60)47-31(38(57)64-43(4,5)6)15-10-11-21-45-40(59)46-30-14-12-13-29(27-30)33-28-51(50-49-33)22-24-62-26-25-61-23-20-37(56)66-52-34(53)17-18-35(52)54/h12-14,27-28,31-32H,10-11,15-26H2,1-9H3,(H2,45,46,59)(H2,47,48,60)/t31-,32-/m0/s1. The zero-order valence-electron chi connectivity index (χ0n) is 39.4. The number of anilines is 1. The summed E-state index contributed by atoms with van der Waals surface area (Å²) in [5, 5.41) is 19.6. The Balaban J connectivity index is 1.42. The second-order valence-corrected chi connectivity index (χ2v) is 18.3. The molecule has 2 heterocycles. The lowest BCUT2D eigenvalue weighted by atomic mass is 10.1. The van der Waals surface area contributed by atoms with E-state index in [-0.39, 0.29) is 64.9 Å². The number of benzene rings is 1. The van der Waals surface area contributed by atoms with Crippen LogP contribution in [0.4, 0.5) is 15.3 Å². The number of imide groups is 1. The van der Waals surface area contributed by atoms with E-state index in [4.69, 9.17) is 28.5 Å². The first-order chi connectivity index (χ1) is 30.9. The highest BCUT2D eigenvalue weighted by molar-refractivity contribution is 6.01. The number of unbranched alkanes of at least 4 members (excludes halogenated alkanes) is 1. The Morgan fingerprint density at radius 3 is 1.89 bits per heavy atom. The summed E-state index contributed by atoms with van der Waals surface area (Å²) >= 11 is 0. The number of nitrogens with one attached hydrogen (secondary N) is 4. The first-order valence-corrected chi connectivity index (χ1v) is 21.9. The molecule has 6 amide bonds. The SMILES string of the molecule is CC(C)(C)OC(=O)CC[C@H](NC(=O)N[C@@H](CCCCNC(=O)Nc1cccc(-c2cn(CCOCCOCCC(=O)ON3C(=O)CCC3=O)nn2)c1)C(=O)OC(C)(C)C)C(=O)OC(C)(C)C. The largest absolute Gasteiger partial charge is 0.460 e. The fourth-order valence-electron chi connectivity index (χ4n) is 5.84. The molecule has 1 aromatic heterocycles. The molecule has 1 fully saturated rings. The van der Waals surface area contributed by atoms with Crippen molar-refractivity contribution in [3.05, 3.63) is 30.5 Å². The Hall–Kier alpha value is -6.16. The predicted octanol–water partition coefficient (Wildman–Crippen LogP) is 4.11. The van der Waals surface area contributed by atoms with Crippen LogP contribution in [0.2, 0.25) is 0 Å². The number of carbonyl (C=O) groups excluding carboxylic acids is 8. The molecule has 2 atom stereocenters. The number of hydroxylamine groups is 2. The van der Waals surface area contributed by atoms with Crippen LogP contribution in [0.15, 0.2) is 30.5 Å². The number of hydrogen-bond acceptors (Lipinski definition) is 16. The normalized spacial score (nSPS) is 13.9. The molecule has 3 rings (SSSR count). The van der Waals surface area contributed by atoms with E-state index >= 15 is 0 Å². The van der Waals surface area contributed by atoms with E-state index in [0.717, 1.165) is 0 Å². The van der Waals surface area contributed by atoms with Gasteiger partial charge in [-0.15, -0.1) is 10.2 Å². The Morgan fingerprint density at radius 2 is 1.29 bits per heavy atom. The number of nitrogens with zero attached hydrogens (tertiary/aromatic N) is 4. The first-order valence-electron chi connectivity index (χ1n) is 21.9. The maximum Gasteiger partial charge on any atom is 0.335 e. The minimum absolute atomic E-state index is 0.0222. The maximum atomic E-state index is 13.2. The average molecular weight is 931 g/mol. The van der Waals surface area contributed by atoms with Crippen LogP contribution in [0.1, 0.15) is 114 Å². The molecule has 1 aliphatic heterocycles. The highest BCUT2D eigenvalue weighted by Crippen LogP contribution is 2.21. The van der Waals surface area contributed by atoms with Crippen LogP contribution in [0.3, 0.4) is 0 Å². The number of carbonyl (C=O) groups is 8. The van der Waals surface area contributed by atoms with Crippen molar-refractivity contribution in [2.45, 2.75) is 149 Å². The number of rotatable bonds is 24. The molecule has 1 saturated heterocycles. The molecule has 0 radical (unpaired) electrons. The van der Waals surface area contributed by atoms with E-state index in [1.54, 1.807) is 91.4 Å². The van der Waals surface area contributed by atoms with E-state index in [2.05, 4.69) is 31.6 Å². The molecule has 366 valence electrons. The summed E-state index contributed by atoms with van der Waals surface area (Å²) in [6.07, 6.45) is 2.36. The van der Waals surface area contributed by atoms with Gasteiger partial charge in [-0.1, -0.05) is 17.3 Å². The van der Waals surface area contributed by atoms with Crippen molar-refractivity contribution in [2.75, 3.05) is 38.3 Å². The monoisotopic (exact) mass is 930 g/mol. The van der Waals surface area contributed by atoms with Gasteiger partial charge in [0.15, 0.2) is 0 Å². The second-order valence-electron chi connectivity index (χ2n) is 18.3. The van der Waals surface area contributed by atoms with Gasteiger partial charge >= 0.3 is 35.9 Å². The van der Waals surface area contributed by atoms with Crippen molar-refractivity contribution in [2.24, 2.45) is 0 Å². The van der Waals surface area contributed by atoms with Gasteiger partial charge in [0.25, 0.3) is 11.8 Å². The molecule has 0 bridgehead atoms.